The molecule has 2 nitrogen and oxygen atoms in total. The van der Waals surface area contributed by atoms with Crippen molar-refractivity contribution in [3.63, 3.8) is 0 Å². The molecule has 0 aliphatic rings. The number of nitrogens with zero attached hydrogens (tertiary/aromatic N) is 1. The lowest BCUT2D eigenvalue weighted by molar-refractivity contribution is 0.190. The lowest BCUT2D eigenvalue weighted by Crippen LogP contribution is -1.94. The monoisotopic (exact) mass is 173 g/mol. The van der Waals surface area contributed by atoms with Crippen LogP contribution in [0.15, 0.2) is 22.6 Å². The van der Waals surface area contributed by atoms with E-state index in [0.717, 1.165) is 0 Å². The quantitative estimate of drug-likeness (QED) is 0.687. The first-order chi connectivity index (χ1) is 5.63. The van der Waals surface area contributed by atoms with Gasteiger partial charge < -0.3 is 4.42 Å². The van der Waals surface area contributed by atoms with Crippen LogP contribution in [0.1, 0.15) is 19.6 Å². The molecule has 1 heterocycles. The van der Waals surface area contributed by atoms with Crippen LogP contribution >= 0.6 is 0 Å². The number of alkyl halides is 2. The van der Waals surface area contributed by atoms with Crippen molar-refractivity contribution in [2.24, 2.45) is 0 Å². The first kappa shape index (κ1) is 8.90. The fraction of sp³-hybridized carbons (Fsp3) is 0.375. The van der Waals surface area contributed by atoms with Gasteiger partial charge in [-0.05, 0) is 25.0 Å². The summed E-state index contributed by atoms with van der Waals surface area (Å²) in [7, 11) is 0. The highest BCUT2D eigenvalue weighted by molar-refractivity contribution is 5.62. The molecule has 1 rings (SSSR count). The van der Waals surface area contributed by atoms with Crippen LogP contribution in [-0.4, -0.2) is 11.4 Å². The maximum atomic E-state index is 12.2. The van der Waals surface area contributed by atoms with Gasteiger partial charge in [0.25, 0.3) is 6.43 Å². The number of oxazole rings is 1. The minimum absolute atomic E-state index is 0.0201. The Kier molecular flexibility index (Phi) is 2.58. The van der Waals surface area contributed by atoms with Gasteiger partial charge in [0.2, 0.25) is 0 Å². The van der Waals surface area contributed by atoms with E-state index in [0.29, 0.717) is 11.3 Å². The van der Waals surface area contributed by atoms with Crippen LogP contribution in [0.4, 0.5) is 8.78 Å². The van der Waals surface area contributed by atoms with E-state index >= 15 is 0 Å². The van der Waals surface area contributed by atoms with Crippen molar-refractivity contribution < 1.29 is 13.2 Å². The highest BCUT2D eigenvalue weighted by Crippen LogP contribution is 2.21. The van der Waals surface area contributed by atoms with Crippen molar-refractivity contribution in [2.45, 2.75) is 20.3 Å². The molecule has 0 saturated carbocycles. The summed E-state index contributed by atoms with van der Waals surface area (Å²) in [6, 6.07) is 0. The molecule has 0 saturated heterocycles. The van der Waals surface area contributed by atoms with Crippen molar-refractivity contribution in [3.05, 3.63) is 23.9 Å². The van der Waals surface area contributed by atoms with Crippen molar-refractivity contribution in [1.29, 1.82) is 0 Å². The molecule has 0 aliphatic heterocycles. The van der Waals surface area contributed by atoms with Crippen LogP contribution in [0.5, 0.6) is 0 Å². The molecule has 66 valence electrons. The number of aromatic nitrogens is 1. The van der Waals surface area contributed by atoms with Gasteiger partial charge in [0.15, 0.2) is 6.39 Å². The molecule has 12 heavy (non-hydrogen) atoms. The topological polar surface area (TPSA) is 26.0 Å². The molecule has 1 aromatic rings. The van der Waals surface area contributed by atoms with Gasteiger partial charge in [0.1, 0.15) is 5.76 Å². The molecule has 0 fully saturated rings. The molecule has 0 radical (unpaired) electrons. The van der Waals surface area contributed by atoms with Crippen LogP contribution in [0.2, 0.25) is 0 Å². The minimum Gasteiger partial charge on any atom is -0.444 e. The summed E-state index contributed by atoms with van der Waals surface area (Å²) < 4.78 is 29.2. The van der Waals surface area contributed by atoms with Gasteiger partial charge in [-0.2, -0.15) is 0 Å². The average molecular weight is 173 g/mol. The van der Waals surface area contributed by atoms with Gasteiger partial charge in [-0.25, -0.2) is 13.8 Å². The van der Waals surface area contributed by atoms with Gasteiger partial charge in [0.05, 0.1) is 6.20 Å². The molecule has 1 aromatic heterocycles. The van der Waals surface area contributed by atoms with Gasteiger partial charge in [-0.3, -0.25) is 0 Å². The van der Waals surface area contributed by atoms with Crippen LogP contribution in [0.25, 0.3) is 5.57 Å². The van der Waals surface area contributed by atoms with Crippen molar-refractivity contribution >= 4 is 5.57 Å². The fourth-order valence-corrected chi connectivity index (χ4v) is 0.759. The third-order valence-corrected chi connectivity index (χ3v) is 1.72. The summed E-state index contributed by atoms with van der Waals surface area (Å²) in [5.74, 6) is 0.396. The third kappa shape index (κ3) is 1.69. The Morgan fingerprint density at radius 2 is 2.17 bits per heavy atom. The number of allylic oxidation sites excluding steroid dienone is 2. The van der Waals surface area contributed by atoms with Gasteiger partial charge in [-0.15, -0.1) is 0 Å². The number of hydrogen-bond donors (Lipinski definition) is 0. The van der Waals surface area contributed by atoms with E-state index in [1.165, 1.54) is 19.5 Å². The van der Waals surface area contributed by atoms with Crippen LogP contribution in [-0.2, 0) is 0 Å². The molecule has 4 heteroatoms. The summed E-state index contributed by atoms with van der Waals surface area (Å²) in [5.41, 5.74) is 0.467. The predicted molar refractivity (Wildman–Crippen MR) is 40.8 cm³/mol. The molecule has 0 bridgehead atoms. The predicted octanol–water partition coefficient (Wildman–Crippen LogP) is 2.73. The molecule has 0 aliphatic carbocycles. The lowest BCUT2D eigenvalue weighted by atomic mass is 10.1. The Balaban J connectivity index is 2.97. The minimum atomic E-state index is -2.44. The van der Waals surface area contributed by atoms with Gasteiger partial charge in [0, 0.05) is 0 Å². The maximum Gasteiger partial charge on any atom is 0.260 e. The maximum absolute atomic E-state index is 12.2. The molecule has 0 aromatic carbocycles. The second-order valence-corrected chi connectivity index (χ2v) is 2.47. The number of hydrogen-bond acceptors (Lipinski definition) is 2. The first-order valence-electron chi connectivity index (χ1n) is 3.47. The highest BCUT2D eigenvalue weighted by atomic mass is 19.3. The van der Waals surface area contributed by atoms with Gasteiger partial charge >= 0.3 is 0 Å². The van der Waals surface area contributed by atoms with Crippen LogP contribution in [0.3, 0.4) is 0 Å². The van der Waals surface area contributed by atoms with E-state index < -0.39 is 6.43 Å². The van der Waals surface area contributed by atoms with Crippen molar-refractivity contribution in [1.82, 2.24) is 4.98 Å². The second kappa shape index (κ2) is 3.47. The van der Waals surface area contributed by atoms with E-state index in [9.17, 15) is 8.78 Å². The summed E-state index contributed by atoms with van der Waals surface area (Å²) >= 11 is 0. The SMILES string of the molecule is C/C(=C(\C)C(F)F)c1cnco1. The Hall–Kier alpha value is -1.19. The Morgan fingerprint density at radius 3 is 2.58 bits per heavy atom. The largest absolute Gasteiger partial charge is 0.444 e. The standard InChI is InChI=1S/C8H9F2NO/c1-5(6(2)8(9)10)7-3-11-4-12-7/h3-4,8H,1-2H3/b6-5-. The molecule has 0 atom stereocenters. The Bertz CT molecular complexity index is 277. The first-order valence-corrected chi connectivity index (χ1v) is 3.47. The van der Waals surface area contributed by atoms with E-state index in [4.69, 9.17) is 4.42 Å². The van der Waals surface area contributed by atoms with E-state index in [2.05, 4.69) is 4.98 Å². The lowest BCUT2D eigenvalue weighted by Gasteiger charge is -2.02. The number of halogens is 2. The van der Waals surface area contributed by atoms with Crippen LogP contribution < -0.4 is 0 Å². The summed E-state index contributed by atoms with van der Waals surface area (Å²) in [4.78, 5) is 3.64. The van der Waals surface area contributed by atoms with E-state index in [1.807, 2.05) is 0 Å². The molecule has 0 unspecified atom stereocenters. The number of rotatable bonds is 2. The molecular formula is C8H9F2NO. The molecular weight excluding hydrogens is 164 g/mol. The Morgan fingerprint density at radius 1 is 1.50 bits per heavy atom. The molecule has 0 spiro atoms. The normalized spacial score (nSPS) is 13.4. The van der Waals surface area contributed by atoms with E-state index in [-0.39, 0.29) is 5.57 Å². The zero-order valence-corrected chi connectivity index (χ0v) is 6.84. The second-order valence-electron chi connectivity index (χ2n) is 2.47. The van der Waals surface area contributed by atoms with Crippen LogP contribution in [0, 0.1) is 0 Å². The summed E-state index contributed by atoms with van der Waals surface area (Å²) in [6.07, 6.45) is 0.203. The van der Waals surface area contributed by atoms with Crippen molar-refractivity contribution in [2.75, 3.05) is 0 Å². The third-order valence-electron chi connectivity index (χ3n) is 1.72. The fourth-order valence-electron chi connectivity index (χ4n) is 0.759. The molecule has 0 N–H and O–H groups in total. The smallest absolute Gasteiger partial charge is 0.260 e. The van der Waals surface area contributed by atoms with E-state index in [1.54, 1.807) is 6.92 Å². The Labute approximate surface area is 68.9 Å². The summed E-state index contributed by atoms with van der Waals surface area (Å²) in [5, 5.41) is 0. The molecule has 0 amide bonds. The average Bonchev–Trinajstić information content (AvgIpc) is 2.53. The summed E-state index contributed by atoms with van der Waals surface area (Å²) in [6.45, 7) is 2.96. The highest BCUT2D eigenvalue weighted by Gasteiger charge is 2.11. The van der Waals surface area contributed by atoms with Gasteiger partial charge in [-0.1, -0.05) is 0 Å². The van der Waals surface area contributed by atoms with Crippen molar-refractivity contribution in [3.8, 4) is 0 Å². The zero-order chi connectivity index (χ0) is 9.14. The zero-order valence-electron chi connectivity index (χ0n) is 6.84.